The van der Waals surface area contributed by atoms with Gasteiger partial charge in [0.25, 0.3) is 5.91 Å². The second-order valence-electron chi connectivity index (χ2n) is 9.59. The van der Waals surface area contributed by atoms with Gasteiger partial charge >= 0.3 is 0 Å². The standard InChI is InChI=1S/C26H33N5O3S2/c1-19-5-6-20(2)24-23(19)28-26(35-24)30-17-15-29(16-18-30)14-11-27-25(32)21-7-9-22(10-8-21)36(33,34)31-12-3-4-13-31/h5-10H,3-4,11-18H2,1-2H3,(H,27,32). The number of rotatable bonds is 7. The van der Waals surface area contributed by atoms with Gasteiger partial charge < -0.3 is 10.2 Å². The Bertz CT molecular complexity index is 1300. The van der Waals surface area contributed by atoms with Gasteiger partial charge in [-0.05, 0) is 62.1 Å². The highest BCUT2D eigenvalue weighted by Crippen LogP contribution is 2.33. The minimum atomic E-state index is -3.46. The zero-order chi connectivity index (χ0) is 25.3. The fourth-order valence-corrected chi connectivity index (χ4v) is 7.51. The predicted molar refractivity (Wildman–Crippen MR) is 145 cm³/mol. The van der Waals surface area contributed by atoms with Crippen LogP contribution >= 0.6 is 11.3 Å². The average molecular weight is 528 g/mol. The number of sulfonamides is 1. The summed E-state index contributed by atoms with van der Waals surface area (Å²) in [4.78, 5) is 22.4. The van der Waals surface area contributed by atoms with E-state index in [4.69, 9.17) is 4.98 Å². The normalized spacial score (nSPS) is 17.7. The molecule has 1 amide bonds. The minimum absolute atomic E-state index is 0.182. The first-order valence-corrected chi connectivity index (χ1v) is 14.8. The molecule has 0 aliphatic carbocycles. The largest absolute Gasteiger partial charge is 0.351 e. The van der Waals surface area contributed by atoms with Crippen LogP contribution in [0.15, 0.2) is 41.3 Å². The third-order valence-corrected chi connectivity index (χ3v) is 10.3. The van der Waals surface area contributed by atoms with Crippen LogP contribution in [0.5, 0.6) is 0 Å². The van der Waals surface area contributed by atoms with E-state index in [0.29, 0.717) is 25.2 Å². The molecule has 0 unspecified atom stereocenters. The smallest absolute Gasteiger partial charge is 0.251 e. The van der Waals surface area contributed by atoms with Gasteiger partial charge in [0.15, 0.2) is 5.13 Å². The van der Waals surface area contributed by atoms with E-state index in [1.807, 2.05) is 0 Å². The van der Waals surface area contributed by atoms with Crippen LogP contribution in [0.25, 0.3) is 10.2 Å². The van der Waals surface area contributed by atoms with Crippen LogP contribution in [0.3, 0.4) is 0 Å². The van der Waals surface area contributed by atoms with Crippen molar-refractivity contribution in [3.8, 4) is 0 Å². The minimum Gasteiger partial charge on any atom is -0.351 e. The Hall–Kier alpha value is -2.53. The van der Waals surface area contributed by atoms with E-state index in [0.717, 1.165) is 56.2 Å². The van der Waals surface area contributed by atoms with Crippen LogP contribution < -0.4 is 10.2 Å². The van der Waals surface area contributed by atoms with E-state index in [2.05, 4.69) is 41.1 Å². The molecule has 2 aromatic carbocycles. The maximum Gasteiger partial charge on any atom is 0.251 e. The summed E-state index contributed by atoms with van der Waals surface area (Å²) in [6, 6.07) is 10.6. The molecule has 2 aliphatic rings. The average Bonchev–Trinajstić information content (AvgIpc) is 3.59. The Morgan fingerprint density at radius 1 is 0.944 bits per heavy atom. The second-order valence-corrected chi connectivity index (χ2v) is 12.5. The number of fused-ring (bicyclic) bond motifs is 1. The summed E-state index contributed by atoms with van der Waals surface area (Å²) >= 11 is 1.77. The molecule has 36 heavy (non-hydrogen) atoms. The predicted octanol–water partition coefficient (Wildman–Crippen LogP) is 3.25. The molecular weight excluding hydrogens is 494 g/mol. The van der Waals surface area contributed by atoms with E-state index in [9.17, 15) is 13.2 Å². The van der Waals surface area contributed by atoms with Crippen LogP contribution in [0.2, 0.25) is 0 Å². The zero-order valence-electron chi connectivity index (χ0n) is 20.9. The van der Waals surface area contributed by atoms with Gasteiger partial charge in [-0.25, -0.2) is 13.4 Å². The molecule has 0 bridgehead atoms. The summed E-state index contributed by atoms with van der Waals surface area (Å²) in [5.41, 5.74) is 4.08. The van der Waals surface area contributed by atoms with Gasteiger partial charge in [0.1, 0.15) is 0 Å². The molecule has 3 heterocycles. The molecule has 0 radical (unpaired) electrons. The Balaban J connectivity index is 1.09. The van der Waals surface area contributed by atoms with Gasteiger partial charge in [-0.3, -0.25) is 9.69 Å². The highest BCUT2D eigenvalue weighted by Gasteiger charge is 2.27. The molecule has 2 aliphatic heterocycles. The number of hydrogen-bond donors (Lipinski definition) is 1. The number of nitrogens with zero attached hydrogens (tertiary/aromatic N) is 4. The molecular formula is C26H33N5O3S2. The fraction of sp³-hybridized carbons (Fsp3) is 0.462. The lowest BCUT2D eigenvalue weighted by Crippen LogP contribution is -2.48. The summed E-state index contributed by atoms with van der Waals surface area (Å²) in [6.45, 7) is 10.4. The lowest BCUT2D eigenvalue weighted by atomic mass is 10.1. The third-order valence-electron chi connectivity index (χ3n) is 7.11. The highest BCUT2D eigenvalue weighted by molar-refractivity contribution is 7.89. The van der Waals surface area contributed by atoms with Gasteiger partial charge in [-0.2, -0.15) is 4.31 Å². The Kier molecular flexibility index (Phi) is 7.30. The molecule has 192 valence electrons. The number of hydrogen-bond acceptors (Lipinski definition) is 7. The molecule has 8 nitrogen and oxygen atoms in total. The van der Waals surface area contributed by atoms with Gasteiger partial charge in [-0.1, -0.05) is 23.5 Å². The second kappa shape index (κ2) is 10.5. The highest BCUT2D eigenvalue weighted by atomic mass is 32.2. The van der Waals surface area contributed by atoms with Gasteiger partial charge in [0, 0.05) is 57.9 Å². The van der Waals surface area contributed by atoms with Crippen LogP contribution in [-0.4, -0.2) is 80.9 Å². The SMILES string of the molecule is Cc1ccc(C)c2sc(N3CCN(CCNC(=O)c4ccc(S(=O)(=O)N5CCCC5)cc4)CC3)nc12. The fourth-order valence-electron chi connectivity index (χ4n) is 4.83. The first-order valence-electron chi connectivity index (χ1n) is 12.6. The Morgan fingerprint density at radius 2 is 1.61 bits per heavy atom. The zero-order valence-corrected chi connectivity index (χ0v) is 22.5. The van der Waals surface area contributed by atoms with Crippen molar-refractivity contribution in [2.75, 3.05) is 57.3 Å². The van der Waals surface area contributed by atoms with E-state index in [-0.39, 0.29) is 10.8 Å². The maximum atomic E-state index is 12.7. The summed E-state index contributed by atoms with van der Waals surface area (Å²) in [6.07, 6.45) is 1.80. The number of nitrogens with one attached hydrogen (secondary N) is 1. The van der Waals surface area contributed by atoms with Crippen molar-refractivity contribution in [3.63, 3.8) is 0 Å². The summed E-state index contributed by atoms with van der Waals surface area (Å²) in [5, 5.41) is 4.06. The van der Waals surface area contributed by atoms with E-state index in [1.165, 1.54) is 32.3 Å². The van der Waals surface area contributed by atoms with Crippen molar-refractivity contribution in [3.05, 3.63) is 53.1 Å². The molecule has 0 saturated carbocycles. The molecule has 2 fully saturated rings. The number of thiazole rings is 1. The van der Waals surface area contributed by atoms with E-state index >= 15 is 0 Å². The quantitative estimate of drug-likeness (QED) is 0.508. The number of aryl methyl sites for hydroxylation is 2. The van der Waals surface area contributed by atoms with Gasteiger partial charge in [0.2, 0.25) is 10.0 Å². The Labute approximate surface area is 217 Å². The summed E-state index contributed by atoms with van der Waals surface area (Å²) in [5.74, 6) is -0.182. The number of amides is 1. The van der Waals surface area contributed by atoms with Gasteiger partial charge in [-0.15, -0.1) is 0 Å². The third kappa shape index (κ3) is 5.13. The van der Waals surface area contributed by atoms with Crippen LogP contribution in [0.1, 0.15) is 34.3 Å². The molecule has 1 aromatic heterocycles. The Morgan fingerprint density at radius 3 is 2.28 bits per heavy atom. The van der Waals surface area contributed by atoms with Crippen LogP contribution in [0, 0.1) is 13.8 Å². The van der Waals surface area contributed by atoms with Crippen molar-refractivity contribution in [1.82, 2.24) is 19.5 Å². The molecule has 0 spiro atoms. The number of piperazine rings is 1. The lowest BCUT2D eigenvalue weighted by Gasteiger charge is -2.34. The summed E-state index contributed by atoms with van der Waals surface area (Å²) < 4.78 is 28.1. The van der Waals surface area contributed by atoms with Crippen molar-refractivity contribution >= 4 is 42.6 Å². The van der Waals surface area contributed by atoms with E-state index in [1.54, 1.807) is 23.5 Å². The van der Waals surface area contributed by atoms with E-state index < -0.39 is 10.0 Å². The van der Waals surface area contributed by atoms with Crippen molar-refractivity contribution in [2.45, 2.75) is 31.6 Å². The molecule has 2 saturated heterocycles. The molecule has 5 rings (SSSR count). The van der Waals surface area contributed by atoms with Crippen LogP contribution in [0.4, 0.5) is 5.13 Å². The lowest BCUT2D eigenvalue weighted by molar-refractivity contribution is 0.0947. The monoisotopic (exact) mass is 527 g/mol. The number of carbonyl (C=O) groups is 1. The molecule has 1 N–H and O–H groups in total. The number of anilines is 1. The van der Waals surface area contributed by atoms with Gasteiger partial charge in [0.05, 0.1) is 15.1 Å². The van der Waals surface area contributed by atoms with Crippen molar-refractivity contribution < 1.29 is 13.2 Å². The first kappa shape index (κ1) is 25.1. The number of carbonyl (C=O) groups excluding carboxylic acids is 1. The van der Waals surface area contributed by atoms with Crippen LogP contribution in [-0.2, 0) is 10.0 Å². The number of benzene rings is 2. The molecule has 0 atom stereocenters. The van der Waals surface area contributed by atoms with Crippen molar-refractivity contribution in [1.29, 1.82) is 0 Å². The summed E-state index contributed by atoms with van der Waals surface area (Å²) in [7, 11) is -3.46. The molecule has 3 aromatic rings. The van der Waals surface area contributed by atoms with Crippen molar-refractivity contribution in [2.24, 2.45) is 0 Å². The molecule has 10 heteroatoms. The maximum absolute atomic E-state index is 12.7. The topological polar surface area (TPSA) is 85.8 Å². The number of aromatic nitrogens is 1. The first-order chi connectivity index (χ1) is 17.3.